The molecule has 3 aromatic carbocycles. The maximum absolute atomic E-state index is 12.2. The Morgan fingerprint density at radius 3 is 2.07 bits per heavy atom. The van der Waals surface area contributed by atoms with Crippen molar-refractivity contribution in [1.82, 2.24) is 5.32 Å². The molecular formula is C24H26N2O2. The molecule has 0 aliphatic rings. The van der Waals surface area contributed by atoms with Gasteiger partial charge in [0.25, 0.3) is 0 Å². The number of anilines is 1. The van der Waals surface area contributed by atoms with Gasteiger partial charge >= 0.3 is 6.03 Å². The lowest BCUT2D eigenvalue weighted by Crippen LogP contribution is -2.40. The summed E-state index contributed by atoms with van der Waals surface area (Å²) in [6, 6.07) is 23.4. The smallest absolute Gasteiger partial charge is 0.319 e. The van der Waals surface area contributed by atoms with Crippen molar-refractivity contribution >= 4 is 11.7 Å². The van der Waals surface area contributed by atoms with Gasteiger partial charge in [0.2, 0.25) is 0 Å². The highest BCUT2D eigenvalue weighted by Gasteiger charge is 2.24. The van der Waals surface area contributed by atoms with E-state index in [4.69, 9.17) is 0 Å². The van der Waals surface area contributed by atoms with E-state index in [0.29, 0.717) is 0 Å². The second-order valence-corrected chi connectivity index (χ2v) is 7.40. The van der Waals surface area contributed by atoms with Crippen LogP contribution < -0.4 is 10.6 Å². The van der Waals surface area contributed by atoms with Crippen LogP contribution in [0, 0.1) is 13.8 Å². The van der Waals surface area contributed by atoms with Crippen molar-refractivity contribution in [3.63, 3.8) is 0 Å². The minimum absolute atomic E-state index is 0.105. The van der Waals surface area contributed by atoms with Gasteiger partial charge < -0.3 is 15.7 Å². The highest BCUT2D eigenvalue weighted by molar-refractivity contribution is 5.89. The van der Waals surface area contributed by atoms with E-state index < -0.39 is 5.60 Å². The van der Waals surface area contributed by atoms with Crippen LogP contribution in [0.1, 0.15) is 23.6 Å². The second-order valence-electron chi connectivity index (χ2n) is 7.40. The van der Waals surface area contributed by atoms with E-state index in [1.165, 1.54) is 0 Å². The van der Waals surface area contributed by atoms with E-state index in [1.54, 1.807) is 6.92 Å². The third-order valence-electron chi connectivity index (χ3n) is 4.69. The van der Waals surface area contributed by atoms with Crippen LogP contribution in [0.5, 0.6) is 0 Å². The summed E-state index contributed by atoms with van der Waals surface area (Å²) in [6.07, 6.45) is 0. The first-order valence-electron chi connectivity index (χ1n) is 9.35. The lowest BCUT2D eigenvalue weighted by atomic mass is 9.94. The molecule has 3 aromatic rings. The summed E-state index contributed by atoms with van der Waals surface area (Å²) >= 11 is 0. The number of carbonyl (C=O) groups is 1. The van der Waals surface area contributed by atoms with Crippen LogP contribution in [0.4, 0.5) is 10.5 Å². The van der Waals surface area contributed by atoms with Gasteiger partial charge in [-0.2, -0.15) is 0 Å². The first-order valence-corrected chi connectivity index (χ1v) is 9.35. The lowest BCUT2D eigenvalue weighted by molar-refractivity contribution is 0.0600. The number of aryl methyl sites for hydroxylation is 2. The third kappa shape index (κ3) is 4.99. The van der Waals surface area contributed by atoms with Gasteiger partial charge in [0.1, 0.15) is 5.60 Å². The molecule has 3 N–H and O–H groups in total. The predicted molar refractivity (Wildman–Crippen MR) is 114 cm³/mol. The molecule has 1 unspecified atom stereocenters. The molecule has 0 saturated heterocycles. The van der Waals surface area contributed by atoms with E-state index >= 15 is 0 Å². The summed E-state index contributed by atoms with van der Waals surface area (Å²) in [5, 5.41) is 16.4. The van der Waals surface area contributed by atoms with E-state index in [-0.39, 0.29) is 12.6 Å². The van der Waals surface area contributed by atoms with Crippen LogP contribution in [0.15, 0.2) is 72.8 Å². The third-order valence-corrected chi connectivity index (χ3v) is 4.69. The van der Waals surface area contributed by atoms with Crippen molar-refractivity contribution in [2.75, 3.05) is 11.9 Å². The zero-order chi connectivity index (χ0) is 20.1. The molecule has 28 heavy (non-hydrogen) atoms. The number of benzene rings is 3. The largest absolute Gasteiger partial charge is 0.384 e. The van der Waals surface area contributed by atoms with E-state index in [1.807, 2.05) is 86.6 Å². The summed E-state index contributed by atoms with van der Waals surface area (Å²) < 4.78 is 0. The zero-order valence-corrected chi connectivity index (χ0v) is 16.5. The van der Waals surface area contributed by atoms with Crippen molar-refractivity contribution in [2.24, 2.45) is 0 Å². The maximum Gasteiger partial charge on any atom is 0.319 e. The first kappa shape index (κ1) is 19.6. The number of amides is 2. The standard InChI is InChI=1S/C24H26N2O2/c1-17-13-18(2)15-22(14-17)26-23(27)25-16-24(3,28)21-11-9-20(10-12-21)19-7-5-4-6-8-19/h4-15,28H,16H2,1-3H3,(H2,25,26,27). The highest BCUT2D eigenvalue weighted by Crippen LogP contribution is 2.25. The van der Waals surface area contributed by atoms with Crippen LogP contribution in [0.2, 0.25) is 0 Å². The molecule has 0 aliphatic heterocycles. The minimum Gasteiger partial charge on any atom is -0.384 e. The Morgan fingerprint density at radius 2 is 1.46 bits per heavy atom. The fourth-order valence-electron chi connectivity index (χ4n) is 3.23. The maximum atomic E-state index is 12.2. The van der Waals surface area contributed by atoms with Crippen LogP contribution in [0.3, 0.4) is 0 Å². The van der Waals surface area contributed by atoms with Gasteiger partial charge in [-0.05, 0) is 60.7 Å². The average Bonchev–Trinajstić information content (AvgIpc) is 2.66. The van der Waals surface area contributed by atoms with Gasteiger partial charge in [-0.1, -0.05) is 60.7 Å². The lowest BCUT2D eigenvalue weighted by Gasteiger charge is -2.24. The molecule has 3 rings (SSSR count). The van der Waals surface area contributed by atoms with Gasteiger partial charge in [-0.15, -0.1) is 0 Å². The van der Waals surface area contributed by atoms with Crippen LogP contribution in [0.25, 0.3) is 11.1 Å². The molecule has 2 amide bonds. The molecule has 0 spiro atoms. The van der Waals surface area contributed by atoms with E-state index in [9.17, 15) is 9.90 Å². The van der Waals surface area contributed by atoms with E-state index in [0.717, 1.165) is 33.5 Å². The predicted octanol–water partition coefficient (Wildman–Crippen LogP) is 5.00. The molecule has 0 radical (unpaired) electrons. The molecule has 0 aliphatic carbocycles. The van der Waals surface area contributed by atoms with Crippen LogP contribution in [-0.2, 0) is 5.60 Å². The Morgan fingerprint density at radius 1 is 0.893 bits per heavy atom. The molecule has 1 atom stereocenters. The van der Waals surface area contributed by atoms with Crippen LogP contribution >= 0.6 is 0 Å². The number of hydrogen-bond acceptors (Lipinski definition) is 2. The molecule has 0 heterocycles. The molecule has 4 heteroatoms. The Balaban J connectivity index is 1.62. The number of carbonyl (C=O) groups excluding carboxylic acids is 1. The highest BCUT2D eigenvalue weighted by atomic mass is 16.3. The summed E-state index contributed by atoms with van der Waals surface area (Å²) in [7, 11) is 0. The minimum atomic E-state index is -1.17. The normalized spacial score (nSPS) is 12.9. The summed E-state index contributed by atoms with van der Waals surface area (Å²) in [5.74, 6) is 0. The van der Waals surface area contributed by atoms with E-state index in [2.05, 4.69) is 10.6 Å². The quantitative estimate of drug-likeness (QED) is 0.588. The van der Waals surface area contributed by atoms with Gasteiger partial charge in [-0.25, -0.2) is 4.79 Å². The topological polar surface area (TPSA) is 61.4 Å². The SMILES string of the molecule is Cc1cc(C)cc(NC(=O)NCC(C)(O)c2ccc(-c3ccccc3)cc2)c1. The van der Waals surface area contributed by atoms with Crippen molar-refractivity contribution in [2.45, 2.75) is 26.4 Å². The van der Waals surface area contributed by atoms with Crippen molar-refractivity contribution in [1.29, 1.82) is 0 Å². The molecule has 4 nitrogen and oxygen atoms in total. The molecule has 0 saturated carbocycles. The molecule has 144 valence electrons. The zero-order valence-electron chi connectivity index (χ0n) is 16.5. The Labute approximate surface area is 166 Å². The number of hydrogen-bond donors (Lipinski definition) is 3. The van der Waals surface area contributed by atoms with Crippen LogP contribution in [-0.4, -0.2) is 17.7 Å². The van der Waals surface area contributed by atoms with Gasteiger partial charge in [0.15, 0.2) is 0 Å². The average molecular weight is 374 g/mol. The Bertz CT molecular complexity index is 928. The molecule has 0 aromatic heterocycles. The monoisotopic (exact) mass is 374 g/mol. The Hall–Kier alpha value is -3.11. The summed E-state index contributed by atoms with van der Waals surface area (Å²) in [5.41, 5.74) is 4.69. The number of urea groups is 1. The number of nitrogens with one attached hydrogen (secondary N) is 2. The van der Waals surface area contributed by atoms with Gasteiger partial charge in [-0.3, -0.25) is 0 Å². The molecule has 0 bridgehead atoms. The molecule has 0 fully saturated rings. The second kappa shape index (κ2) is 8.28. The van der Waals surface area contributed by atoms with Crippen molar-refractivity contribution in [3.8, 4) is 11.1 Å². The fraction of sp³-hybridized carbons (Fsp3) is 0.208. The van der Waals surface area contributed by atoms with Crippen molar-refractivity contribution < 1.29 is 9.90 Å². The summed E-state index contributed by atoms with van der Waals surface area (Å²) in [6.45, 7) is 5.77. The number of aliphatic hydroxyl groups is 1. The number of rotatable bonds is 5. The molecular weight excluding hydrogens is 348 g/mol. The van der Waals surface area contributed by atoms with Gasteiger partial charge in [0.05, 0.1) is 6.54 Å². The summed E-state index contributed by atoms with van der Waals surface area (Å²) in [4.78, 5) is 12.2. The van der Waals surface area contributed by atoms with Gasteiger partial charge in [0, 0.05) is 5.69 Å². The fourth-order valence-corrected chi connectivity index (χ4v) is 3.23. The Kier molecular flexibility index (Phi) is 5.81. The first-order chi connectivity index (χ1) is 13.3. The van der Waals surface area contributed by atoms with Crippen molar-refractivity contribution in [3.05, 3.63) is 89.5 Å².